The van der Waals surface area contributed by atoms with Crippen LogP contribution < -0.4 is 15.6 Å². The Bertz CT molecular complexity index is 1180. The van der Waals surface area contributed by atoms with Crippen LogP contribution in [-0.4, -0.2) is 46.3 Å². The van der Waals surface area contributed by atoms with Crippen molar-refractivity contribution in [2.45, 2.75) is 45.4 Å². The second kappa shape index (κ2) is 8.91. The molecule has 1 N–H and O–H groups in total. The molecule has 2 aliphatic heterocycles. The molecule has 32 heavy (non-hydrogen) atoms. The van der Waals surface area contributed by atoms with E-state index in [1.54, 1.807) is 15.8 Å². The number of urea groups is 1. The third-order valence-corrected chi connectivity index (χ3v) is 7.08. The number of fused-ring (bicyclic) bond motifs is 3. The van der Waals surface area contributed by atoms with Crippen molar-refractivity contribution < 1.29 is 14.3 Å². The van der Waals surface area contributed by atoms with Crippen molar-refractivity contribution >= 4 is 33.3 Å². The minimum atomic E-state index is -0.152. The van der Waals surface area contributed by atoms with Crippen LogP contribution in [-0.2, 0) is 24.2 Å². The fourth-order valence-electron chi connectivity index (χ4n) is 4.33. The molecule has 1 saturated heterocycles. The van der Waals surface area contributed by atoms with Crippen molar-refractivity contribution in [1.29, 1.82) is 0 Å². The first-order valence-corrected chi connectivity index (χ1v) is 11.8. The number of nitrogens with one attached hydrogen (secondary N) is 1. The van der Waals surface area contributed by atoms with Crippen LogP contribution in [0.3, 0.4) is 0 Å². The zero-order valence-corrected chi connectivity index (χ0v) is 18.8. The maximum atomic E-state index is 13.2. The minimum absolute atomic E-state index is 0.00436. The predicted octanol–water partition coefficient (Wildman–Crippen LogP) is 3.63. The number of ether oxygens (including phenoxy) is 2. The smallest absolute Gasteiger partial charge is 0.322 e. The first-order chi connectivity index (χ1) is 15.6. The van der Waals surface area contributed by atoms with E-state index in [4.69, 9.17) is 9.47 Å². The molecule has 1 aromatic carbocycles. The quantitative estimate of drug-likeness (QED) is 0.636. The number of aromatic nitrogens is 2. The molecule has 0 aliphatic carbocycles. The number of thiophene rings is 1. The van der Waals surface area contributed by atoms with Gasteiger partial charge in [-0.3, -0.25) is 9.36 Å². The van der Waals surface area contributed by atoms with Crippen LogP contribution in [0.1, 0.15) is 30.2 Å². The molecule has 1 unspecified atom stereocenters. The highest BCUT2D eigenvalue weighted by molar-refractivity contribution is 7.18. The summed E-state index contributed by atoms with van der Waals surface area (Å²) in [5, 5.41) is 3.65. The summed E-state index contributed by atoms with van der Waals surface area (Å²) in [6, 6.07) is 7.19. The molecule has 0 spiro atoms. The molecular formula is C23H26N4O4S. The number of anilines is 1. The first-order valence-electron chi connectivity index (χ1n) is 11.0. The fourth-order valence-corrected chi connectivity index (χ4v) is 5.53. The van der Waals surface area contributed by atoms with Gasteiger partial charge in [0.1, 0.15) is 10.6 Å². The van der Waals surface area contributed by atoms with Gasteiger partial charge < -0.3 is 19.7 Å². The molecule has 5 rings (SSSR count). The Morgan fingerprint density at radius 2 is 2.19 bits per heavy atom. The average molecular weight is 455 g/mol. The number of carbonyl (C=O) groups is 1. The molecular weight excluding hydrogens is 428 g/mol. The molecule has 1 atom stereocenters. The molecule has 0 saturated carbocycles. The lowest BCUT2D eigenvalue weighted by molar-refractivity contribution is 0.0960. The van der Waals surface area contributed by atoms with Crippen molar-refractivity contribution in [3.05, 3.63) is 51.4 Å². The second-order valence-corrected chi connectivity index (χ2v) is 9.16. The topological polar surface area (TPSA) is 85.7 Å². The Hall–Kier alpha value is -2.91. The average Bonchev–Trinajstić information content (AvgIpc) is 3.44. The largest absolute Gasteiger partial charge is 0.494 e. The Kier molecular flexibility index (Phi) is 5.84. The van der Waals surface area contributed by atoms with Crippen molar-refractivity contribution in [2.24, 2.45) is 0 Å². The predicted molar refractivity (Wildman–Crippen MR) is 124 cm³/mol. The van der Waals surface area contributed by atoms with Gasteiger partial charge in [0, 0.05) is 23.7 Å². The van der Waals surface area contributed by atoms with E-state index < -0.39 is 0 Å². The van der Waals surface area contributed by atoms with E-state index in [2.05, 4.69) is 10.3 Å². The van der Waals surface area contributed by atoms with E-state index >= 15 is 0 Å². The van der Waals surface area contributed by atoms with Gasteiger partial charge in [-0.15, -0.1) is 11.3 Å². The van der Waals surface area contributed by atoms with Crippen LogP contribution in [0.15, 0.2) is 35.4 Å². The summed E-state index contributed by atoms with van der Waals surface area (Å²) in [6.07, 6.45) is 4.38. The number of amides is 2. The minimum Gasteiger partial charge on any atom is -0.494 e. The number of hydrogen-bond acceptors (Lipinski definition) is 6. The third kappa shape index (κ3) is 4.10. The maximum absolute atomic E-state index is 13.2. The monoisotopic (exact) mass is 454 g/mol. The Morgan fingerprint density at radius 3 is 2.94 bits per heavy atom. The SMILES string of the molecule is CCOc1ccc(NC(=O)N2CCc3c(sc4ncn(CC5CCCO5)c(=O)c34)C2)cc1. The van der Waals surface area contributed by atoms with Gasteiger partial charge in [-0.05, 0) is 56.0 Å². The van der Waals surface area contributed by atoms with Crippen molar-refractivity contribution in [2.75, 3.05) is 25.1 Å². The lowest BCUT2D eigenvalue weighted by atomic mass is 10.1. The molecule has 0 bridgehead atoms. The van der Waals surface area contributed by atoms with Crippen molar-refractivity contribution in [1.82, 2.24) is 14.5 Å². The molecule has 1 fully saturated rings. The van der Waals surface area contributed by atoms with Gasteiger partial charge >= 0.3 is 6.03 Å². The number of benzene rings is 1. The van der Waals surface area contributed by atoms with Gasteiger partial charge in [0.2, 0.25) is 0 Å². The summed E-state index contributed by atoms with van der Waals surface area (Å²) < 4.78 is 12.8. The van der Waals surface area contributed by atoms with Crippen LogP contribution in [0.25, 0.3) is 10.2 Å². The van der Waals surface area contributed by atoms with Gasteiger partial charge in [-0.2, -0.15) is 0 Å². The Morgan fingerprint density at radius 1 is 1.34 bits per heavy atom. The summed E-state index contributed by atoms with van der Waals surface area (Å²) in [4.78, 5) is 34.1. The number of hydrogen-bond donors (Lipinski definition) is 1. The highest BCUT2D eigenvalue weighted by Gasteiger charge is 2.27. The molecule has 168 valence electrons. The molecule has 9 heteroatoms. The summed E-state index contributed by atoms with van der Waals surface area (Å²) in [7, 11) is 0. The summed E-state index contributed by atoms with van der Waals surface area (Å²) in [5.74, 6) is 0.774. The Labute approximate surface area is 189 Å². The van der Waals surface area contributed by atoms with E-state index in [0.29, 0.717) is 38.0 Å². The summed E-state index contributed by atoms with van der Waals surface area (Å²) in [6.45, 7) is 4.88. The molecule has 2 aromatic heterocycles. The lowest BCUT2D eigenvalue weighted by Crippen LogP contribution is -2.38. The van der Waals surface area contributed by atoms with Gasteiger partial charge in [-0.1, -0.05) is 0 Å². The van der Waals surface area contributed by atoms with Gasteiger partial charge in [0.15, 0.2) is 0 Å². The van der Waals surface area contributed by atoms with Gasteiger partial charge in [-0.25, -0.2) is 9.78 Å². The standard InChI is InChI=1S/C23H26N4O4S/c1-2-30-16-7-5-15(6-8-16)25-23(29)26-10-9-18-19(13-26)32-21-20(18)22(28)27(14-24-21)12-17-4-3-11-31-17/h5-8,14,17H,2-4,9-13H2,1H3,(H,25,29). The molecule has 0 radical (unpaired) electrons. The van der Waals surface area contributed by atoms with Crippen LogP contribution in [0.4, 0.5) is 10.5 Å². The molecule has 3 aromatic rings. The van der Waals surface area contributed by atoms with Gasteiger partial charge in [0.25, 0.3) is 5.56 Å². The van der Waals surface area contributed by atoms with Crippen LogP contribution in [0.5, 0.6) is 5.75 Å². The Balaban J connectivity index is 1.32. The number of rotatable bonds is 5. The third-order valence-electron chi connectivity index (χ3n) is 5.96. The van der Waals surface area contributed by atoms with Crippen molar-refractivity contribution in [3.63, 3.8) is 0 Å². The van der Waals surface area contributed by atoms with E-state index in [1.165, 1.54) is 11.3 Å². The fraction of sp³-hybridized carbons (Fsp3) is 0.435. The van der Waals surface area contributed by atoms with Gasteiger partial charge in [0.05, 0.1) is 37.5 Å². The van der Waals surface area contributed by atoms with Crippen molar-refractivity contribution in [3.8, 4) is 5.75 Å². The van der Waals surface area contributed by atoms with Crippen LogP contribution in [0, 0.1) is 0 Å². The normalized spacial score (nSPS) is 18.0. The summed E-state index contributed by atoms with van der Waals surface area (Å²) >= 11 is 1.51. The first kappa shape index (κ1) is 21.0. The highest BCUT2D eigenvalue weighted by atomic mass is 32.1. The molecule has 4 heterocycles. The van der Waals surface area contributed by atoms with E-state index in [1.807, 2.05) is 31.2 Å². The summed E-state index contributed by atoms with van der Waals surface area (Å²) in [5.41, 5.74) is 1.75. The number of nitrogens with zero attached hydrogens (tertiary/aromatic N) is 3. The molecule has 2 aliphatic rings. The highest BCUT2D eigenvalue weighted by Crippen LogP contribution is 2.32. The van der Waals surface area contributed by atoms with E-state index in [9.17, 15) is 9.59 Å². The lowest BCUT2D eigenvalue weighted by Gasteiger charge is -2.27. The molecule has 8 nitrogen and oxygen atoms in total. The van der Waals surface area contributed by atoms with Crippen LogP contribution >= 0.6 is 11.3 Å². The zero-order valence-electron chi connectivity index (χ0n) is 18.0. The number of carbonyl (C=O) groups excluding carboxylic acids is 1. The zero-order chi connectivity index (χ0) is 22.1. The second-order valence-electron chi connectivity index (χ2n) is 8.08. The van der Waals surface area contributed by atoms with Crippen LogP contribution in [0.2, 0.25) is 0 Å². The van der Waals surface area contributed by atoms with E-state index in [-0.39, 0.29) is 17.7 Å². The molecule has 2 amide bonds. The van der Waals surface area contributed by atoms with E-state index in [0.717, 1.165) is 46.2 Å². The maximum Gasteiger partial charge on any atom is 0.322 e.